The monoisotopic (exact) mass is 290 g/mol. The number of hydrogen-bond donors (Lipinski definition) is 1. The molecule has 0 aromatic heterocycles. The molecule has 1 fully saturated rings. The summed E-state index contributed by atoms with van der Waals surface area (Å²) >= 11 is 0. The quantitative estimate of drug-likeness (QED) is 0.829. The van der Waals surface area contributed by atoms with Gasteiger partial charge in [-0.15, -0.1) is 0 Å². The first-order valence-electron chi connectivity index (χ1n) is 8.39. The molecule has 1 saturated carbocycles. The summed E-state index contributed by atoms with van der Waals surface area (Å²) < 4.78 is 5.27. The number of anilines is 1. The topological polar surface area (TPSA) is 38.5 Å². The van der Waals surface area contributed by atoms with Crippen molar-refractivity contribution in [1.29, 1.82) is 0 Å². The van der Waals surface area contributed by atoms with E-state index in [0.717, 1.165) is 31.2 Å². The molecule has 0 bridgehead atoms. The zero-order chi connectivity index (χ0) is 15.1. The molecular weight excluding hydrogens is 260 g/mol. The average molecular weight is 290 g/mol. The largest absolute Gasteiger partial charge is 0.497 e. The fraction of sp³-hybridized carbons (Fsp3) is 0.667. The Morgan fingerprint density at radius 1 is 1.14 bits per heavy atom. The number of benzene rings is 1. The summed E-state index contributed by atoms with van der Waals surface area (Å²) in [6.07, 6.45) is 7.76. The first kappa shape index (κ1) is 16.2. The fourth-order valence-corrected chi connectivity index (χ4v) is 3.42. The SMILES string of the molecule is CCC1CCC(N(CCCN)c2ccc(OC)cc2)CC1. The molecule has 0 amide bonds. The van der Waals surface area contributed by atoms with Crippen LogP contribution in [0.5, 0.6) is 5.75 Å². The predicted molar refractivity (Wildman–Crippen MR) is 90.0 cm³/mol. The van der Waals surface area contributed by atoms with Gasteiger partial charge >= 0.3 is 0 Å². The van der Waals surface area contributed by atoms with Crippen molar-refractivity contribution in [1.82, 2.24) is 0 Å². The molecule has 1 aliphatic carbocycles. The van der Waals surface area contributed by atoms with Gasteiger partial charge in [-0.25, -0.2) is 0 Å². The molecule has 0 spiro atoms. The van der Waals surface area contributed by atoms with Crippen LogP contribution in [-0.2, 0) is 0 Å². The number of nitrogens with zero attached hydrogens (tertiary/aromatic N) is 1. The van der Waals surface area contributed by atoms with E-state index in [1.165, 1.54) is 37.8 Å². The van der Waals surface area contributed by atoms with Crippen molar-refractivity contribution < 1.29 is 4.74 Å². The van der Waals surface area contributed by atoms with Crippen molar-refractivity contribution in [2.75, 3.05) is 25.1 Å². The Bertz CT molecular complexity index is 396. The first-order valence-corrected chi connectivity index (χ1v) is 8.39. The van der Waals surface area contributed by atoms with Crippen molar-refractivity contribution in [3.05, 3.63) is 24.3 Å². The van der Waals surface area contributed by atoms with Crippen LogP contribution in [0.2, 0.25) is 0 Å². The van der Waals surface area contributed by atoms with Gasteiger partial charge in [-0.2, -0.15) is 0 Å². The Labute approximate surface area is 129 Å². The smallest absolute Gasteiger partial charge is 0.119 e. The molecule has 3 nitrogen and oxygen atoms in total. The average Bonchev–Trinajstić information content (AvgIpc) is 2.56. The lowest BCUT2D eigenvalue weighted by molar-refractivity contribution is 0.308. The van der Waals surface area contributed by atoms with E-state index in [4.69, 9.17) is 10.5 Å². The molecule has 2 rings (SSSR count). The van der Waals surface area contributed by atoms with Crippen LogP contribution in [0.25, 0.3) is 0 Å². The fourth-order valence-electron chi connectivity index (χ4n) is 3.42. The second kappa shape index (κ2) is 8.28. The summed E-state index contributed by atoms with van der Waals surface area (Å²) in [4.78, 5) is 2.57. The minimum atomic E-state index is 0.674. The van der Waals surface area contributed by atoms with E-state index in [-0.39, 0.29) is 0 Å². The van der Waals surface area contributed by atoms with Gasteiger partial charge in [0.1, 0.15) is 5.75 Å². The summed E-state index contributed by atoms with van der Waals surface area (Å²) in [5.41, 5.74) is 7.04. The van der Waals surface area contributed by atoms with Crippen LogP contribution in [0, 0.1) is 5.92 Å². The van der Waals surface area contributed by atoms with Crippen LogP contribution in [0.4, 0.5) is 5.69 Å². The number of methoxy groups -OCH3 is 1. The van der Waals surface area contributed by atoms with Crippen molar-refractivity contribution >= 4 is 5.69 Å². The lowest BCUT2D eigenvalue weighted by atomic mass is 9.83. The van der Waals surface area contributed by atoms with Gasteiger partial charge in [0, 0.05) is 18.3 Å². The molecule has 2 N–H and O–H groups in total. The number of hydrogen-bond acceptors (Lipinski definition) is 3. The third-order valence-electron chi connectivity index (χ3n) is 4.84. The summed E-state index contributed by atoms with van der Waals surface area (Å²) in [5, 5.41) is 0. The van der Waals surface area contributed by atoms with Gasteiger partial charge < -0.3 is 15.4 Å². The maximum Gasteiger partial charge on any atom is 0.119 e. The highest BCUT2D eigenvalue weighted by Gasteiger charge is 2.25. The molecule has 1 aliphatic rings. The molecule has 3 heteroatoms. The summed E-state index contributed by atoms with van der Waals surface area (Å²) in [6, 6.07) is 9.15. The van der Waals surface area contributed by atoms with Gasteiger partial charge in [0.2, 0.25) is 0 Å². The highest BCUT2D eigenvalue weighted by atomic mass is 16.5. The maximum atomic E-state index is 5.73. The van der Waals surface area contributed by atoms with Crippen molar-refractivity contribution in [3.63, 3.8) is 0 Å². The normalized spacial score (nSPS) is 22.0. The van der Waals surface area contributed by atoms with Crippen LogP contribution in [-0.4, -0.2) is 26.2 Å². The number of ether oxygens (including phenoxy) is 1. The summed E-state index contributed by atoms with van der Waals surface area (Å²) in [5.74, 6) is 1.86. The lowest BCUT2D eigenvalue weighted by Gasteiger charge is -2.38. The second-order valence-corrected chi connectivity index (χ2v) is 6.12. The summed E-state index contributed by atoms with van der Waals surface area (Å²) in [7, 11) is 1.72. The van der Waals surface area contributed by atoms with Crippen LogP contribution in [0.15, 0.2) is 24.3 Å². The van der Waals surface area contributed by atoms with Gasteiger partial charge in [0.15, 0.2) is 0 Å². The lowest BCUT2D eigenvalue weighted by Crippen LogP contribution is -2.39. The third-order valence-corrected chi connectivity index (χ3v) is 4.84. The van der Waals surface area contributed by atoms with E-state index >= 15 is 0 Å². The summed E-state index contributed by atoms with van der Waals surface area (Å²) in [6.45, 7) is 4.14. The minimum Gasteiger partial charge on any atom is -0.497 e. The molecule has 0 atom stereocenters. The van der Waals surface area contributed by atoms with E-state index in [2.05, 4.69) is 36.1 Å². The van der Waals surface area contributed by atoms with E-state index in [1.807, 2.05) is 0 Å². The molecule has 1 aromatic carbocycles. The number of nitrogens with two attached hydrogens (primary N) is 1. The van der Waals surface area contributed by atoms with E-state index < -0.39 is 0 Å². The zero-order valence-electron chi connectivity index (χ0n) is 13.6. The maximum absolute atomic E-state index is 5.73. The molecule has 21 heavy (non-hydrogen) atoms. The van der Waals surface area contributed by atoms with E-state index in [9.17, 15) is 0 Å². The Kier molecular flexibility index (Phi) is 6.37. The molecule has 0 aliphatic heterocycles. The molecular formula is C18H30N2O. The van der Waals surface area contributed by atoms with Gasteiger partial charge in [-0.05, 0) is 68.8 Å². The Balaban J connectivity index is 2.06. The Hall–Kier alpha value is -1.22. The molecule has 118 valence electrons. The molecule has 0 saturated heterocycles. The van der Waals surface area contributed by atoms with Crippen LogP contribution in [0.3, 0.4) is 0 Å². The van der Waals surface area contributed by atoms with E-state index in [0.29, 0.717) is 6.04 Å². The van der Waals surface area contributed by atoms with Crippen molar-refractivity contribution in [2.45, 2.75) is 51.5 Å². The number of rotatable bonds is 7. The van der Waals surface area contributed by atoms with Crippen LogP contribution >= 0.6 is 0 Å². The Morgan fingerprint density at radius 3 is 2.33 bits per heavy atom. The minimum absolute atomic E-state index is 0.674. The third kappa shape index (κ3) is 4.37. The van der Waals surface area contributed by atoms with Gasteiger partial charge in [-0.3, -0.25) is 0 Å². The van der Waals surface area contributed by atoms with Gasteiger partial charge in [0.05, 0.1) is 7.11 Å². The molecule has 0 unspecified atom stereocenters. The molecule has 0 radical (unpaired) electrons. The molecule has 1 aromatic rings. The highest BCUT2D eigenvalue weighted by Crippen LogP contribution is 2.32. The first-order chi connectivity index (χ1) is 10.3. The van der Waals surface area contributed by atoms with Crippen molar-refractivity contribution in [2.24, 2.45) is 11.7 Å². The van der Waals surface area contributed by atoms with Gasteiger partial charge in [-0.1, -0.05) is 13.3 Å². The van der Waals surface area contributed by atoms with E-state index in [1.54, 1.807) is 7.11 Å². The predicted octanol–water partition coefficient (Wildman–Crippen LogP) is 3.82. The zero-order valence-corrected chi connectivity index (χ0v) is 13.6. The standard InChI is InChI=1S/C18H30N2O/c1-3-15-5-7-16(8-6-15)20(14-4-13-19)17-9-11-18(21-2)12-10-17/h9-12,15-16H,3-8,13-14,19H2,1-2H3. The van der Waals surface area contributed by atoms with Crippen LogP contribution < -0.4 is 15.4 Å². The Morgan fingerprint density at radius 2 is 1.81 bits per heavy atom. The van der Waals surface area contributed by atoms with Crippen LogP contribution in [0.1, 0.15) is 45.4 Å². The second-order valence-electron chi connectivity index (χ2n) is 6.12. The van der Waals surface area contributed by atoms with Crippen molar-refractivity contribution in [3.8, 4) is 5.75 Å². The highest BCUT2D eigenvalue weighted by molar-refractivity contribution is 5.50. The molecule has 0 heterocycles. The van der Waals surface area contributed by atoms with Gasteiger partial charge in [0.25, 0.3) is 0 Å².